The number of nitrogens with zero attached hydrogens (tertiary/aromatic N) is 2. The largest absolute Gasteiger partial charge is 0.467 e. The fourth-order valence-electron chi connectivity index (χ4n) is 6.63. The van der Waals surface area contributed by atoms with E-state index in [1.807, 2.05) is 41.4 Å². The van der Waals surface area contributed by atoms with Crippen molar-refractivity contribution in [2.24, 2.45) is 0 Å². The van der Waals surface area contributed by atoms with Crippen LogP contribution < -0.4 is 5.32 Å². The number of aromatic amines is 1. The van der Waals surface area contributed by atoms with Crippen molar-refractivity contribution in [3.63, 3.8) is 0 Å². The minimum Gasteiger partial charge on any atom is -0.467 e. The lowest BCUT2D eigenvalue weighted by molar-refractivity contribution is -0.162. The summed E-state index contributed by atoms with van der Waals surface area (Å²) in [5.41, 5.74) is 2.64. The lowest BCUT2D eigenvalue weighted by Crippen LogP contribution is -2.72. The molecule has 1 atom stereocenters. The quantitative estimate of drug-likeness (QED) is 0.242. The highest BCUT2D eigenvalue weighted by molar-refractivity contribution is 6.00. The van der Waals surface area contributed by atoms with E-state index in [4.69, 9.17) is 4.42 Å². The Balaban J connectivity index is 1.07. The Morgan fingerprint density at radius 1 is 0.878 bits per heavy atom. The fraction of sp³-hybridized carbons (Fsp3) is 0.412. The predicted octanol–water partition coefficient (Wildman–Crippen LogP) is 5.47. The maximum Gasteiger partial charge on any atom is 0.246 e. The number of amides is 2. The van der Waals surface area contributed by atoms with Gasteiger partial charge in [0.1, 0.15) is 17.3 Å². The molecule has 7 nitrogen and oxygen atoms in total. The van der Waals surface area contributed by atoms with Gasteiger partial charge in [-0.05, 0) is 68.0 Å². The molecular formula is C34H40N4O3. The van der Waals surface area contributed by atoms with Gasteiger partial charge in [0, 0.05) is 36.6 Å². The molecule has 0 aliphatic carbocycles. The molecule has 2 amide bonds. The average molecular weight is 553 g/mol. The summed E-state index contributed by atoms with van der Waals surface area (Å²) >= 11 is 0. The summed E-state index contributed by atoms with van der Waals surface area (Å²) in [5, 5.41) is 4.22. The number of fused-ring (bicyclic) bond motifs is 1. The summed E-state index contributed by atoms with van der Waals surface area (Å²) in [6.45, 7) is 2.97. The van der Waals surface area contributed by atoms with Crippen molar-refractivity contribution in [3.05, 3.63) is 96.1 Å². The normalized spacial score (nSPS) is 19.2. The van der Waals surface area contributed by atoms with Crippen LogP contribution in [0, 0.1) is 0 Å². The van der Waals surface area contributed by atoms with Crippen molar-refractivity contribution >= 4 is 22.7 Å². The second-order valence-corrected chi connectivity index (χ2v) is 11.6. The number of hydrogen-bond donors (Lipinski definition) is 2. The standard InChI is InChI=1S/C34H40N4O3/c39-32-31(23-27-24-35-30-16-8-7-15-29(27)30)36-33(40)34(38(32)25-28-14-10-22-41-28)17-20-37(21-18-34)19-9-2-1-4-11-26-12-5-3-6-13-26/h3,5-8,10,12-16,22,24,31,35H,1-2,4,9,11,17-21,23,25H2,(H,36,40). The second kappa shape index (κ2) is 12.4. The van der Waals surface area contributed by atoms with Gasteiger partial charge < -0.3 is 24.5 Å². The summed E-state index contributed by atoms with van der Waals surface area (Å²) in [4.78, 5) is 35.5. The number of carbonyl (C=O) groups is 2. The van der Waals surface area contributed by atoms with Crippen LogP contribution in [0.5, 0.6) is 0 Å². The average Bonchev–Trinajstić information content (AvgIpc) is 3.67. The molecule has 2 aromatic heterocycles. The number of carbonyl (C=O) groups excluding carboxylic acids is 2. The van der Waals surface area contributed by atoms with Crippen LogP contribution in [0.15, 0.2) is 83.6 Å². The Morgan fingerprint density at radius 2 is 1.66 bits per heavy atom. The zero-order chi connectivity index (χ0) is 28.1. The van der Waals surface area contributed by atoms with Crippen LogP contribution in [0.4, 0.5) is 0 Å². The van der Waals surface area contributed by atoms with Crippen LogP contribution in [0.3, 0.4) is 0 Å². The van der Waals surface area contributed by atoms with E-state index in [0.29, 0.717) is 31.6 Å². The zero-order valence-electron chi connectivity index (χ0n) is 23.7. The number of H-pyrrole nitrogens is 1. The van der Waals surface area contributed by atoms with Crippen LogP contribution in [-0.2, 0) is 29.0 Å². The van der Waals surface area contributed by atoms with Gasteiger partial charge in [-0.25, -0.2) is 0 Å². The summed E-state index contributed by atoms with van der Waals surface area (Å²) < 4.78 is 5.65. The first-order valence-electron chi connectivity index (χ1n) is 15.1. The maximum atomic E-state index is 14.0. The minimum absolute atomic E-state index is 0.0295. The molecule has 2 saturated heterocycles. The number of likely N-dealkylation sites (tertiary alicyclic amines) is 1. The van der Waals surface area contributed by atoms with Crippen molar-refractivity contribution in [3.8, 4) is 0 Å². The number of benzene rings is 2. The van der Waals surface area contributed by atoms with Gasteiger partial charge >= 0.3 is 0 Å². The molecule has 1 unspecified atom stereocenters. The Bertz CT molecular complexity index is 1440. The third kappa shape index (κ3) is 5.96. The lowest BCUT2D eigenvalue weighted by Gasteiger charge is -2.51. The third-order valence-corrected chi connectivity index (χ3v) is 9.02. The summed E-state index contributed by atoms with van der Waals surface area (Å²) in [7, 11) is 0. The molecule has 0 radical (unpaired) electrons. The number of piperidine rings is 1. The summed E-state index contributed by atoms with van der Waals surface area (Å²) in [5.74, 6) is 0.642. The molecule has 2 aromatic carbocycles. The molecule has 4 aromatic rings. The number of aryl methyl sites for hydroxylation is 1. The van der Waals surface area contributed by atoms with Crippen molar-refractivity contribution in [2.45, 2.75) is 69.5 Å². The molecular weight excluding hydrogens is 512 g/mol. The third-order valence-electron chi connectivity index (χ3n) is 9.02. The van der Waals surface area contributed by atoms with Gasteiger partial charge in [-0.3, -0.25) is 9.59 Å². The van der Waals surface area contributed by atoms with Crippen LogP contribution in [-0.4, -0.2) is 57.8 Å². The van der Waals surface area contributed by atoms with E-state index in [9.17, 15) is 9.59 Å². The summed E-state index contributed by atoms with van der Waals surface area (Å²) in [6, 6.07) is 21.9. The molecule has 6 rings (SSSR count). The van der Waals surface area contributed by atoms with Gasteiger partial charge in [0.15, 0.2) is 0 Å². The topological polar surface area (TPSA) is 81.6 Å². The maximum absolute atomic E-state index is 14.0. The Hall–Kier alpha value is -3.84. The van der Waals surface area contributed by atoms with Crippen molar-refractivity contribution in [1.82, 2.24) is 20.1 Å². The van der Waals surface area contributed by atoms with Crippen molar-refractivity contribution < 1.29 is 14.0 Å². The van der Waals surface area contributed by atoms with Crippen molar-refractivity contribution in [2.75, 3.05) is 19.6 Å². The SMILES string of the molecule is O=C1C(Cc2c[nH]c3ccccc23)NC(=O)C2(CCN(CCCCCCc3ccccc3)CC2)N1Cc1ccco1. The van der Waals surface area contributed by atoms with E-state index in [0.717, 1.165) is 48.9 Å². The summed E-state index contributed by atoms with van der Waals surface area (Å²) in [6.07, 6.45) is 11.3. The Morgan fingerprint density at radius 3 is 2.46 bits per heavy atom. The van der Waals surface area contributed by atoms with E-state index >= 15 is 0 Å². The highest BCUT2D eigenvalue weighted by atomic mass is 16.3. The Kier molecular flexibility index (Phi) is 8.23. The van der Waals surface area contributed by atoms with Crippen molar-refractivity contribution in [1.29, 1.82) is 0 Å². The van der Waals surface area contributed by atoms with Gasteiger partial charge in [-0.15, -0.1) is 0 Å². The number of rotatable bonds is 11. The number of piperazine rings is 1. The first-order chi connectivity index (χ1) is 20.1. The monoisotopic (exact) mass is 552 g/mol. The number of furan rings is 1. The van der Waals surface area contributed by atoms with Gasteiger partial charge in [0.25, 0.3) is 0 Å². The molecule has 2 aliphatic rings. The molecule has 41 heavy (non-hydrogen) atoms. The van der Waals surface area contributed by atoms with Crippen LogP contribution in [0.1, 0.15) is 55.4 Å². The van der Waals surface area contributed by atoms with E-state index in [1.54, 1.807) is 6.26 Å². The molecule has 7 heteroatoms. The smallest absolute Gasteiger partial charge is 0.246 e. The molecule has 2 aliphatic heterocycles. The number of unbranched alkanes of at least 4 members (excludes halogenated alkanes) is 3. The van der Waals surface area contributed by atoms with Gasteiger partial charge in [-0.2, -0.15) is 0 Å². The zero-order valence-corrected chi connectivity index (χ0v) is 23.7. The lowest BCUT2D eigenvalue weighted by atomic mass is 9.81. The predicted molar refractivity (Wildman–Crippen MR) is 160 cm³/mol. The van der Waals surface area contributed by atoms with E-state index < -0.39 is 11.6 Å². The number of hydrogen-bond acceptors (Lipinski definition) is 4. The molecule has 214 valence electrons. The van der Waals surface area contributed by atoms with Gasteiger partial charge in [0.2, 0.25) is 11.8 Å². The second-order valence-electron chi connectivity index (χ2n) is 11.6. The number of para-hydroxylation sites is 1. The highest BCUT2D eigenvalue weighted by Crippen LogP contribution is 2.35. The molecule has 4 heterocycles. The molecule has 2 fully saturated rings. The highest BCUT2D eigenvalue weighted by Gasteiger charge is 2.53. The van der Waals surface area contributed by atoms with Gasteiger partial charge in [-0.1, -0.05) is 61.4 Å². The van der Waals surface area contributed by atoms with Crippen LogP contribution in [0.2, 0.25) is 0 Å². The number of aromatic nitrogens is 1. The Labute approximate surface area is 241 Å². The number of nitrogens with one attached hydrogen (secondary N) is 2. The first kappa shape index (κ1) is 27.3. The van der Waals surface area contributed by atoms with Gasteiger partial charge in [0.05, 0.1) is 12.8 Å². The van der Waals surface area contributed by atoms with Crippen LogP contribution >= 0.6 is 0 Å². The van der Waals surface area contributed by atoms with Crippen LogP contribution in [0.25, 0.3) is 10.9 Å². The van der Waals surface area contributed by atoms with E-state index in [1.165, 1.54) is 24.8 Å². The molecule has 2 N–H and O–H groups in total. The fourth-order valence-corrected chi connectivity index (χ4v) is 6.63. The molecule has 0 bridgehead atoms. The van der Waals surface area contributed by atoms with E-state index in [-0.39, 0.29) is 11.8 Å². The molecule has 1 spiro atoms. The molecule has 0 saturated carbocycles. The van der Waals surface area contributed by atoms with E-state index in [2.05, 4.69) is 51.6 Å². The minimum atomic E-state index is -0.841. The first-order valence-corrected chi connectivity index (χ1v) is 15.1.